The Kier molecular flexibility index (Phi) is 7.37. The van der Waals surface area contributed by atoms with Gasteiger partial charge in [0.1, 0.15) is 18.1 Å². The molecule has 0 radical (unpaired) electrons. The van der Waals surface area contributed by atoms with Gasteiger partial charge in [-0.1, -0.05) is 47.5 Å². The van der Waals surface area contributed by atoms with Crippen LogP contribution >= 0.6 is 23.2 Å². The topological polar surface area (TPSA) is 60.7 Å². The minimum Gasteiger partial charge on any atom is -0.482 e. The van der Waals surface area contributed by atoms with E-state index in [1.807, 2.05) is 36.4 Å². The van der Waals surface area contributed by atoms with Crippen molar-refractivity contribution in [1.82, 2.24) is 5.32 Å². The number of ether oxygens (including phenoxy) is 2. The molecule has 5 nitrogen and oxygen atoms in total. The van der Waals surface area contributed by atoms with Crippen molar-refractivity contribution >= 4 is 29.1 Å². The molecule has 0 aliphatic heterocycles. The van der Waals surface area contributed by atoms with Crippen LogP contribution in [0.4, 0.5) is 0 Å². The van der Waals surface area contributed by atoms with Crippen LogP contribution in [-0.4, -0.2) is 12.5 Å². The maximum absolute atomic E-state index is 12.0. The van der Waals surface area contributed by atoms with Crippen molar-refractivity contribution in [2.24, 2.45) is 0 Å². The molecule has 0 aliphatic carbocycles. The zero-order chi connectivity index (χ0) is 19.8. The van der Waals surface area contributed by atoms with Gasteiger partial charge in [0, 0.05) is 17.6 Å². The number of rotatable bonds is 9. The second kappa shape index (κ2) is 10.2. The van der Waals surface area contributed by atoms with Gasteiger partial charge >= 0.3 is 0 Å². The Bertz CT molecular complexity index is 913. The van der Waals surface area contributed by atoms with Crippen LogP contribution in [0.15, 0.2) is 65.3 Å². The number of furan rings is 1. The van der Waals surface area contributed by atoms with Gasteiger partial charge in [0.25, 0.3) is 5.91 Å². The second-order valence-corrected chi connectivity index (χ2v) is 6.88. The third-order valence-corrected chi connectivity index (χ3v) is 4.37. The SMILES string of the molecule is O=C(COc1cc(Cl)ccc1Cl)NCc1cccc(COCc2ccco2)c1. The fraction of sp³-hybridized carbons (Fsp3) is 0.190. The lowest BCUT2D eigenvalue weighted by Gasteiger charge is -2.10. The largest absolute Gasteiger partial charge is 0.482 e. The summed E-state index contributed by atoms with van der Waals surface area (Å²) >= 11 is 11.9. The molecule has 1 amide bonds. The van der Waals surface area contributed by atoms with Crippen molar-refractivity contribution in [1.29, 1.82) is 0 Å². The van der Waals surface area contributed by atoms with Gasteiger partial charge in [-0.05, 0) is 35.4 Å². The van der Waals surface area contributed by atoms with E-state index in [-0.39, 0.29) is 12.5 Å². The summed E-state index contributed by atoms with van der Waals surface area (Å²) in [5.74, 6) is 0.902. The van der Waals surface area contributed by atoms with E-state index in [0.29, 0.717) is 35.6 Å². The summed E-state index contributed by atoms with van der Waals surface area (Å²) < 4.78 is 16.3. The van der Waals surface area contributed by atoms with Crippen LogP contribution in [0.3, 0.4) is 0 Å². The summed E-state index contributed by atoms with van der Waals surface area (Å²) in [6, 6.07) is 16.4. The van der Waals surface area contributed by atoms with Crippen LogP contribution in [0.5, 0.6) is 5.75 Å². The summed E-state index contributed by atoms with van der Waals surface area (Å²) in [6.07, 6.45) is 1.62. The van der Waals surface area contributed by atoms with Crippen molar-refractivity contribution in [2.75, 3.05) is 6.61 Å². The number of carbonyl (C=O) groups is 1. The first-order chi connectivity index (χ1) is 13.6. The van der Waals surface area contributed by atoms with E-state index in [1.54, 1.807) is 24.5 Å². The molecule has 0 fully saturated rings. The highest BCUT2D eigenvalue weighted by Crippen LogP contribution is 2.27. The van der Waals surface area contributed by atoms with Crippen LogP contribution in [0.2, 0.25) is 10.0 Å². The molecule has 146 valence electrons. The molecular formula is C21H19Cl2NO4. The van der Waals surface area contributed by atoms with Crippen molar-refractivity contribution < 1.29 is 18.7 Å². The summed E-state index contributed by atoms with van der Waals surface area (Å²) in [5, 5.41) is 3.71. The Hall–Kier alpha value is -2.47. The molecule has 0 aliphatic rings. The van der Waals surface area contributed by atoms with Gasteiger partial charge in [-0.25, -0.2) is 0 Å². The molecule has 1 heterocycles. The number of carbonyl (C=O) groups excluding carboxylic acids is 1. The predicted octanol–water partition coefficient (Wildman–Crippen LogP) is 5.00. The molecule has 3 rings (SSSR count). The summed E-state index contributed by atoms with van der Waals surface area (Å²) in [4.78, 5) is 12.0. The molecule has 0 bridgehead atoms. The van der Waals surface area contributed by atoms with E-state index in [0.717, 1.165) is 16.9 Å². The molecule has 28 heavy (non-hydrogen) atoms. The van der Waals surface area contributed by atoms with Gasteiger partial charge < -0.3 is 19.2 Å². The lowest BCUT2D eigenvalue weighted by molar-refractivity contribution is -0.123. The minimum absolute atomic E-state index is 0.147. The quantitative estimate of drug-likeness (QED) is 0.530. The van der Waals surface area contributed by atoms with E-state index in [1.165, 1.54) is 0 Å². The third-order valence-electron chi connectivity index (χ3n) is 3.83. The van der Waals surface area contributed by atoms with Crippen LogP contribution in [0.25, 0.3) is 0 Å². The average Bonchev–Trinajstić information content (AvgIpc) is 3.21. The van der Waals surface area contributed by atoms with Crippen LogP contribution < -0.4 is 10.1 Å². The summed E-state index contributed by atoms with van der Waals surface area (Å²) in [5.41, 5.74) is 1.98. The van der Waals surface area contributed by atoms with Crippen molar-refractivity contribution in [3.05, 3.63) is 87.8 Å². The second-order valence-electron chi connectivity index (χ2n) is 6.03. The Morgan fingerprint density at radius 2 is 1.86 bits per heavy atom. The first-order valence-electron chi connectivity index (χ1n) is 8.62. The third kappa shape index (κ3) is 6.30. The van der Waals surface area contributed by atoms with Gasteiger partial charge in [-0.3, -0.25) is 4.79 Å². The molecule has 0 saturated heterocycles. The van der Waals surface area contributed by atoms with Crippen LogP contribution in [-0.2, 0) is 29.3 Å². The van der Waals surface area contributed by atoms with Gasteiger partial charge in [-0.2, -0.15) is 0 Å². The lowest BCUT2D eigenvalue weighted by Crippen LogP contribution is -2.28. The molecular weight excluding hydrogens is 401 g/mol. The zero-order valence-corrected chi connectivity index (χ0v) is 16.5. The van der Waals surface area contributed by atoms with E-state index >= 15 is 0 Å². The van der Waals surface area contributed by atoms with Gasteiger partial charge in [0.15, 0.2) is 6.61 Å². The smallest absolute Gasteiger partial charge is 0.258 e. The first kappa shape index (κ1) is 20.3. The number of nitrogens with one attached hydrogen (secondary N) is 1. The fourth-order valence-electron chi connectivity index (χ4n) is 2.48. The molecule has 1 aromatic heterocycles. The van der Waals surface area contributed by atoms with Crippen molar-refractivity contribution in [2.45, 2.75) is 19.8 Å². The predicted molar refractivity (Wildman–Crippen MR) is 107 cm³/mol. The first-order valence-corrected chi connectivity index (χ1v) is 9.38. The van der Waals surface area contributed by atoms with E-state index in [4.69, 9.17) is 37.1 Å². The number of amides is 1. The molecule has 7 heteroatoms. The van der Waals surface area contributed by atoms with Gasteiger partial charge in [0.05, 0.1) is 17.9 Å². The highest BCUT2D eigenvalue weighted by atomic mass is 35.5. The Balaban J connectivity index is 1.43. The number of halogens is 2. The fourth-order valence-corrected chi connectivity index (χ4v) is 2.81. The highest BCUT2D eigenvalue weighted by molar-refractivity contribution is 6.34. The van der Waals surface area contributed by atoms with Crippen LogP contribution in [0, 0.1) is 0 Å². The number of benzene rings is 2. The Labute approximate surface area is 173 Å². The monoisotopic (exact) mass is 419 g/mol. The van der Waals surface area contributed by atoms with Crippen molar-refractivity contribution in [3.63, 3.8) is 0 Å². The van der Waals surface area contributed by atoms with E-state index < -0.39 is 0 Å². The maximum atomic E-state index is 12.0. The lowest BCUT2D eigenvalue weighted by atomic mass is 10.1. The highest BCUT2D eigenvalue weighted by Gasteiger charge is 2.07. The van der Waals surface area contributed by atoms with E-state index in [2.05, 4.69) is 5.32 Å². The van der Waals surface area contributed by atoms with Crippen molar-refractivity contribution in [3.8, 4) is 5.75 Å². The molecule has 0 spiro atoms. The normalized spacial score (nSPS) is 10.6. The Morgan fingerprint density at radius 3 is 2.68 bits per heavy atom. The standard InChI is InChI=1S/C21H19Cl2NO4/c22-17-6-7-19(23)20(10-17)28-14-21(25)24-11-15-3-1-4-16(9-15)12-26-13-18-5-2-8-27-18/h1-10H,11-14H2,(H,24,25). The van der Waals surface area contributed by atoms with Crippen LogP contribution in [0.1, 0.15) is 16.9 Å². The molecule has 0 saturated carbocycles. The Morgan fingerprint density at radius 1 is 1.00 bits per heavy atom. The number of hydrogen-bond donors (Lipinski definition) is 1. The van der Waals surface area contributed by atoms with E-state index in [9.17, 15) is 4.79 Å². The van der Waals surface area contributed by atoms with Gasteiger partial charge in [-0.15, -0.1) is 0 Å². The molecule has 0 unspecified atom stereocenters. The summed E-state index contributed by atoms with van der Waals surface area (Å²) in [6.45, 7) is 1.11. The number of hydrogen-bond acceptors (Lipinski definition) is 4. The zero-order valence-electron chi connectivity index (χ0n) is 15.0. The molecule has 0 atom stereocenters. The molecule has 2 aromatic carbocycles. The average molecular weight is 420 g/mol. The molecule has 1 N–H and O–H groups in total. The molecule has 3 aromatic rings. The maximum Gasteiger partial charge on any atom is 0.258 e. The minimum atomic E-state index is -0.254. The van der Waals surface area contributed by atoms with Gasteiger partial charge in [0.2, 0.25) is 0 Å². The summed E-state index contributed by atoms with van der Waals surface area (Å²) in [7, 11) is 0.